The van der Waals surface area contributed by atoms with Gasteiger partial charge in [-0.2, -0.15) is 0 Å². The second kappa shape index (κ2) is 54.7. The van der Waals surface area contributed by atoms with E-state index in [1.54, 1.807) is 0 Å². The number of unbranched alkanes of at least 4 members (excludes halogenated alkanes) is 19. The lowest BCUT2D eigenvalue weighted by Crippen LogP contribution is -2.30. The standard InChI is InChI=1S/C61H100O6/c1-4-7-10-13-16-19-22-24-25-26-27-28-29-30-31-32-33-34-35-37-39-42-45-48-51-54-60(63)66-57-58(56-65-59(62)53-50-47-44-41-38-21-18-15-12-9-6-3)67-61(64)55-52-49-46-43-40-36-23-20-17-14-11-8-5-2/h7-8,10-11,15-20,24-25,27-28,36,40,46,49,58H,4-6,9,12-14,21-23,26,29-35,37-39,41-45,47-48,50-57H2,1-3H3/b10-7-,11-8-,18-15-,19-16-,20-17-,25-24-,28-27-,40-36-,49-46-. The third kappa shape index (κ3) is 52.9. The van der Waals surface area contributed by atoms with Gasteiger partial charge in [-0.3, -0.25) is 14.4 Å². The average molecular weight is 929 g/mol. The Kier molecular flexibility index (Phi) is 51.5. The Morgan fingerprint density at radius 3 is 0.985 bits per heavy atom. The summed E-state index contributed by atoms with van der Waals surface area (Å²) >= 11 is 0. The van der Waals surface area contributed by atoms with Crippen molar-refractivity contribution in [3.8, 4) is 0 Å². The van der Waals surface area contributed by atoms with Crippen LogP contribution in [0.3, 0.4) is 0 Å². The van der Waals surface area contributed by atoms with Crippen LogP contribution >= 0.6 is 0 Å². The van der Waals surface area contributed by atoms with Crippen molar-refractivity contribution in [3.05, 3.63) is 109 Å². The van der Waals surface area contributed by atoms with Crippen LogP contribution in [0, 0.1) is 0 Å². The number of ether oxygens (including phenoxy) is 3. The highest BCUT2D eigenvalue weighted by Crippen LogP contribution is 2.15. The maximum absolute atomic E-state index is 12.7. The maximum Gasteiger partial charge on any atom is 0.306 e. The molecule has 0 fully saturated rings. The first kappa shape index (κ1) is 63.1. The summed E-state index contributed by atoms with van der Waals surface area (Å²) in [7, 11) is 0. The summed E-state index contributed by atoms with van der Waals surface area (Å²) in [4.78, 5) is 37.9. The molecule has 1 unspecified atom stereocenters. The molecular formula is C61H100O6. The third-order valence-electron chi connectivity index (χ3n) is 11.3. The molecule has 1 atom stereocenters. The first-order chi connectivity index (χ1) is 33.0. The van der Waals surface area contributed by atoms with Gasteiger partial charge in [0.15, 0.2) is 6.10 Å². The van der Waals surface area contributed by atoms with Crippen LogP contribution in [0.4, 0.5) is 0 Å². The highest BCUT2D eigenvalue weighted by Gasteiger charge is 2.19. The smallest absolute Gasteiger partial charge is 0.306 e. The molecule has 0 amide bonds. The van der Waals surface area contributed by atoms with Gasteiger partial charge in [-0.05, 0) is 103 Å². The average Bonchev–Trinajstić information content (AvgIpc) is 3.33. The molecule has 0 radical (unpaired) electrons. The van der Waals surface area contributed by atoms with Crippen LogP contribution in [0.15, 0.2) is 109 Å². The summed E-state index contributed by atoms with van der Waals surface area (Å²) in [5, 5.41) is 0. The zero-order valence-corrected chi connectivity index (χ0v) is 43.4. The van der Waals surface area contributed by atoms with Gasteiger partial charge in [-0.1, -0.05) is 226 Å². The van der Waals surface area contributed by atoms with Gasteiger partial charge in [0.2, 0.25) is 0 Å². The zero-order chi connectivity index (χ0) is 48.6. The molecule has 0 aromatic heterocycles. The summed E-state index contributed by atoms with van der Waals surface area (Å²) in [5.41, 5.74) is 0. The fourth-order valence-electron chi connectivity index (χ4n) is 7.19. The summed E-state index contributed by atoms with van der Waals surface area (Å²) in [6, 6.07) is 0. The fourth-order valence-corrected chi connectivity index (χ4v) is 7.19. The van der Waals surface area contributed by atoms with Crippen LogP contribution in [0.1, 0.15) is 239 Å². The van der Waals surface area contributed by atoms with Crippen molar-refractivity contribution in [2.75, 3.05) is 13.2 Å². The van der Waals surface area contributed by atoms with Crippen molar-refractivity contribution in [2.45, 2.75) is 245 Å². The monoisotopic (exact) mass is 929 g/mol. The van der Waals surface area contributed by atoms with Crippen molar-refractivity contribution in [1.82, 2.24) is 0 Å². The number of carbonyl (C=O) groups excluding carboxylic acids is 3. The quantitative estimate of drug-likeness (QED) is 0.0262. The van der Waals surface area contributed by atoms with E-state index in [1.807, 2.05) is 12.2 Å². The van der Waals surface area contributed by atoms with E-state index >= 15 is 0 Å². The molecular weight excluding hydrogens is 829 g/mol. The molecule has 67 heavy (non-hydrogen) atoms. The molecule has 0 N–H and O–H groups in total. The molecule has 0 aromatic rings. The summed E-state index contributed by atoms with van der Waals surface area (Å²) in [6.07, 6.45) is 73.9. The van der Waals surface area contributed by atoms with E-state index in [1.165, 1.54) is 89.9 Å². The van der Waals surface area contributed by atoms with Crippen LogP contribution in [-0.4, -0.2) is 37.2 Å². The van der Waals surface area contributed by atoms with Crippen LogP contribution in [0.5, 0.6) is 0 Å². The molecule has 0 saturated carbocycles. The van der Waals surface area contributed by atoms with E-state index in [-0.39, 0.29) is 31.6 Å². The molecule has 0 saturated heterocycles. The van der Waals surface area contributed by atoms with E-state index in [0.717, 1.165) is 103 Å². The summed E-state index contributed by atoms with van der Waals surface area (Å²) < 4.78 is 16.7. The van der Waals surface area contributed by atoms with E-state index in [9.17, 15) is 14.4 Å². The van der Waals surface area contributed by atoms with Crippen molar-refractivity contribution < 1.29 is 28.6 Å². The van der Waals surface area contributed by atoms with Crippen molar-refractivity contribution >= 4 is 17.9 Å². The van der Waals surface area contributed by atoms with Gasteiger partial charge in [0.1, 0.15) is 13.2 Å². The second-order valence-electron chi connectivity index (χ2n) is 17.7. The van der Waals surface area contributed by atoms with E-state index in [2.05, 4.69) is 118 Å². The number of esters is 3. The Morgan fingerprint density at radius 2 is 0.612 bits per heavy atom. The third-order valence-corrected chi connectivity index (χ3v) is 11.3. The first-order valence-electron chi connectivity index (χ1n) is 27.4. The zero-order valence-electron chi connectivity index (χ0n) is 43.4. The molecule has 0 spiro atoms. The van der Waals surface area contributed by atoms with Gasteiger partial charge in [0.25, 0.3) is 0 Å². The summed E-state index contributed by atoms with van der Waals surface area (Å²) in [6.45, 7) is 6.29. The molecule has 0 aliphatic heterocycles. The Hall–Kier alpha value is -3.93. The molecule has 0 aliphatic rings. The lowest BCUT2D eigenvalue weighted by molar-refractivity contribution is -0.166. The Morgan fingerprint density at radius 1 is 0.313 bits per heavy atom. The summed E-state index contributed by atoms with van der Waals surface area (Å²) in [5.74, 6) is -1.01. The highest BCUT2D eigenvalue weighted by atomic mass is 16.6. The molecule has 0 aliphatic carbocycles. The lowest BCUT2D eigenvalue weighted by atomic mass is 10.0. The van der Waals surface area contributed by atoms with Crippen LogP contribution < -0.4 is 0 Å². The largest absolute Gasteiger partial charge is 0.462 e. The first-order valence-corrected chi connectivity index (χ1v) is 27.4. The van der Waals surface area contributed by atoms with Gasteiger partial charge in [-0.15, -0.1) is 0 Å². The minimum absolute atomic E-state index is 0.111. The fraction of sp³-hybridized carbons (Fsp3) is 0.656. The topological polar surface area (TPSA) is 78.9 Å². The van der Waals surface area contributed by atoms with Gasteiger partial charge < -0.3 is 14.2 Å². The molecule has 0 heterocycles. The molecule has 0 aromatic carbocycles. The second-order valence-corrected chi connectivity index (χ2v) is 17.7. The number of hydrogen-bond donors (Lipinski definition) is 0. The van der Waals surface area contributed by atoms with Crippen molar-refractivity contribution in [2.24, 2.45) is 0 Å². The van der Waals surface area contributed by atoms with Gasteiger partial charge in [0.05, 0.1) is 0 Å². The van der Waals surface area contributed by atoms with Gasteiger partial charge >= 0.3 is 17.9 Å². The molecule has 380 valence electrons. The number of rotatable bonds is 48. The number of allylic oxidation sites excluding steroid dienone is 18. The van der Waals surface area contributed by atoms with Gasteiger partial charge in [-0.25, -0.2) is 0 Å². The lowest BCUT2D eigenvalue weighted by Gasteiger charge is -2.18. The maximum atomic E-state index is 12.7. The Bertz CT molecular complexity index is 1390. The number of carbonyl (C=O) groups is 3. The minimum Gasteiger partial charge on any atom is -0.462 e. The van der Waals surface area contributed by atoms with Crippen LogP contribution in [-0.2, 0) is 28.6 Å². The molecule has 0 rings (SSSR count). The molecule has 6 heteroatoms. The molecule has 6 nitrogen and oxygen atoms in total. The molecule has 0 bridgehead atoms. The van der Waals surface area contributed by atoms with Crippen molar-refractivity contribution in [1.29, 1.82) is 0 Å². The Labute approximate surface area is 412 Å². The highest BCUT2D eigenvalue weighted by molar-refractivity contribution is 5.71. The predicted octanol–water partition coefficient (Wildman–Crippen LogP) is 18.3. The van der Waals surface area contributed by atoms with E-state index < -0.39 is 12.1 Å². The van der Waals surface area contributed by atoms with E-state index in [0.29, 0.717) is 19.3 Å². The van der Waals surface area contributed by atoms with Crippen molar-refractivity contribution in [3.63, 3.8) is 0 Å². The minimum atomic E-state index is -0.820. The van der Waals surface area contributed by atoms with Crippen LogP contribution in [0.25, 0.3) is 0 Å². The predicted molar refractivity (Wildman–Crippen MR) is 288 cm³/mol. The number of hydrogen-bond acceptors (Lipinski definition) is 6. The van der Waals surface area contributed by atoms with Gasteiger partial charge in [0, 0.05) is 19.3 Å². The van der Waals surface area contributed by atoms with E-state index in [4.69, 9.17) is 14.2 Å². The SMILES string of the molecule is CC/C=C\C/C=C\C/C=C\C/C=C\CCCCCCCCCCCCCCC(=O)OCC(COC(=O)CCCCCCC/C=C\CCCC)OC(=O)CC/C=C\C/C=C\C/C=C\C/C=C\CC. The normalized spacial score (nSPS) is 12.9. The van der Waals surface area contributed by atoms with Crippen LogP contribution in [0.2, 0.25) is 0 Å². The Balaban J connectivity index is 4.31.